The van der Waals surface area contributed by atoms with Gasteiger partial charge in [0.1, 0.15) is 0 Å². The maximum absolute atomic E-state index is 4.77. The molecule has 1 aliphatic heterocycles. The number of anilines is 1. The summed E-state index contributed by atoms with van der Waals surface area (Å²) in [4.78, 5) is 2.32. The van der Waals surface area contributed by atoms with Crippen LogP contribution in [0.15, 0.2) is 175 Å². The molecule has 0 spiro atoms. The van der Waals surface area contributed by atoms with Gasteiger partial charge in [-0.25, -0.2) is 0 Å². The molecule has 2 heteroatoms. The molecule has 6 aromatic rings. The van der Waals surface area contributed by atoms with Gasteiger partial charge in [0.05, 0.1) is 11.2 Å². The van der Waals surface area contributed by atoms with Gasteiger partial charge in [-0.2, -0.15) is 0 Å². The van der Waals surface area contributed by atoms with Gasteiger partial charge in [-0.1, -0.05) is 142 Å². The van der Waals surface area contributed by atoms with Crippen molar-refractivity contribution in [1.82, 2.24) is 4.57 Å². The van der Waals surface area contributed by atoms with Crippen molar-refractivity contribution in [1.29, 1.82) is 0 Å². The van der Waals surface area contributed by atoms with E-state index >= 15 is 0 Å². The fourth-order valence-corrected chi connectivity index (χ4v) is 8.66. The van der Waals surface area contributed by atoms with Crippen molar-refractivity contribution in [3.63, 3.8) is 0 Å². The van der Waals surface area contributed by atoms with Crippen molar-refractivity contribution in [3.05, 3.63) is 208 Å². The Balaban J connectivity index is 1.26. The van der Waals surface area contributed by atoms with Crippen molar-refractivity contribution < 1.29 is 0 Å². The molecule has 0 amide bonds. The number of nitrogens with zero attached hydrogens (tertiary/aromatic N) is 2. The summed E-state index contributed by atoms with van der Waals surface area (Å²) < 4.78 is 2.38. The van der Waals surface area contributed by atoms with Gasteiger partial charge in [-0.15, -0.1) is 0 Å². The summed E-state index contributed by atoms with van der Waals surface area (Å²) >= 11 is 0. The predicted molar refractivity (Wildman–Crippen MR) is 233 cm³/mol. The SMILES string of the molecule is C=C1C2=C(/C=C\N(c3cccc4ccccc34)/C=C(c3ccc4c(c3)c3c(n4/C=C(\C=C/C)c4ccccc4)=CCC=3)\C=C\1C)C(C)(C)c1ccccc12. The topological polar surface area (TPSA) is 8.17 Å². The standard InChI is InChI=1S/C52H44N2/c1-6-16-40(37-17-8-7-9-18-37)34-54-49-26-15-23-43(49)45-32-39(27-28-50(45)54)41-31-35(2)36(3)51-44-22-12-13-24-46(44)52(4,5)47(51)29-30-53(33-41)48-25-14-20-38-19-10-11-21-42(38)48/h6-14,16-34H,3,15H2,1-2,4-5H3/b16-6-,30-29-,35-31+,40-34+,41-33+. The Kier molecular flexibility index (Phi) is 8.20. The Hall–Kier alpha value is -6.38. The maximum atomic E-state index is 4.77. The lowest BCUT2D eigenvalue weighted by molar-refractivity contribution is 0.654. The lowest BCUT2D eigenvalue weighted by Crippen LogP contribution is -2.23. The van der Waals surface area contributed by atoms with Gasteiger partial charge in [0.2, 0.25) is 0 Å². The zero-order valence-electron chi connectivity index (χ0n) is 31.5. The molecule has 2 aliphatic carbocycles. The molecule has 0 saturated heterocycles. The van der Waals surface area contributed by atoms with Gasteiger partial charge in [0, 0.05) is 45.4 Å². The van der Waals surface area contributed by atoms with Gasteiger partial charge in [0.25, 0.3) is 0 Å². The highest BCUT2D eigenvalue weighted by atomic mass is 15.1. The second-order valence-electron chi connectivity index (χ2n) is 15.1. The third kappa shape index (κ3) is 5.49. The number of aromatic nitrogens is 1. The van der Waals surface area contributed by atoms with Crippen molar-refractivity contribution >= 4 is 62.4 Å². The Morgan fingerprint density at radius 3 is 2.44 bits per heavy atom. The minimum atomic E-state index is -0.171. The maximum Gasteiger partial charge on any atom is 0.0535 e. The fraction of sp³-hybridized carbons (Fsp3) is 0.115. The number of fused-ring (bicyclic) bond motifs is 6. The summed E-state index contributed by atoms with van der Waals surface area (Å²) in [6, 6.07) is 41.7. The molecule has 3 aliphatic rings. The molecular weight excluding hydrogens is 653 g/mol. The van der Waals surface area contributed by atoms with E-state index in [0.717, 1.165) is 34.4 Å². The van der Waals surface area contributed by atoms with E-state index in [4.69, 9.17) is 6.58 Å². The van der Waals surface area contributed by atoms with Crippen LogP contribution in [-0.2, 0) is 5.41 Å². The van der Waals surface area contributed by atoms with E-state index < -0.39 is 0 Å². The Bertz CT molecular complexity index is 2840. The molecule has 0 bridgehead atoms. The highest BCUT2D eigenvalue weighted by Gasteiger charge is 2.37. The Morgan fingerprint density at radius 1 is 0.815 bits per heavy atom. The highest BCUT2D eigenvalue weighted by molar-refractivity contribution is 5.99. The quantitative estimate of drug-likeness (QED) is 0.163. The van der Waals surface area contributed by atoms with Crippen LogP contribution in [0, 0.1) is 0 Å². The number of rotatable bonds is 5. The Labute approximate surface area is 318 Å². The van der Waals surface area contributed by atoms with Crippen LogP contribution in [0.1, 0.15) is 56.4 Å². The first-order valence-corrected chi connectivity index (χ1v) is 19.0. The van der Waals surface area contributed by atoms with Crippen molar-refractivity contribution in [2.24, 2.45) is 0 Å². The van der Waals surface area contributed by atoms with E-state index in [2.05, 4.69) is 207 Å². The molecule has 54 heavy (non-hydrogen) atoms. The first kappa shape index (κ1) is 33.5. The van der Waals surface area contributed by atoms with E-state index in [0.29, 0.717) is 0 Å². The average molecular weight is 697 g/mol. The molecule has 262 valence electrons. The van der Waals surface area contributed by atoms with Crippen molar-refractivity contribution in [2.45, 2.75) is 39.5 Å². The zero-order chi connectivity index (χ0) is 37.0. The van der Waals surface area contributed by atoms with Crippen LogP contribution in [0.4, 0.5) is 5.69 Å². The van der Waals surface area contributed by atoms with Crippen molar-refractivity contribution in [3.8, 4) is 0 Å². The van der Waals surface area contributed by atoms with Crippen LogP contribution in [0.5, 0.6) is 0 Å². The van der Waals surface area contributed by atoms with Gasteiger partial charge >= 0.3 is 0 Å². The zero-order valence-corrected chi connectivity index (χ0v) is 31.5. The summed E-state index contributed by atoms with van der Waals surface area (Å²) in [5.41, 5.74) is 14.2. The number of allylic oxidation sites excluding steroid dienone is 10. The van der Waals surface area contributed by atoms with E-state index in [-0.39, 0.29) is 5.41 Å². The molecular formula is C52H44N2. The molecule has 0 unspecified atom stereocenters. The second-order valence-corrected chi connectivity index (χ2v) is 15.1. The van der Waals surface area contributed by atoms with Gasteiger partial charge in [-0.05, 0) is 112 Å². The summed E-state index contributed by atoms with van der Waals surface area (Å²) in [7, 11) is 0. The largest absolute Gasteiger partial charge is 0.323 e. The highest BCUT2D eigenvalue weighted by Crippen LogP contribution is 2.50. The van der Waals surface area contributed by atoms with Gasteiger partial charge in [0.15, 0.2) is 0 Å². The smallest absolute Gasteiger partial charge is 0.0535 e. The predicted octanol–water partition coefficient (Wildman–Crippen LogP) is 12.0. The van der Waals surface area contributed by atoms with Crippen LogP contribution in [-0.4, -0.2) is 4.57 Å². The first-order valence-electron chi connectivity index (χ1n) is 19.0. The third-order valence-electron chi connectivity index (χ3n) is 11.5. The monoisotopic (exact) mass is 696 g/mol. The number of hydrogen-bond donors (Lipinski definition) is 0. The molecule has 1 aromatic heterocycles. The normalized spacial score (nSPS) is 19.1. The van der Waals surface area contributed by atoms with Crippen LogP contribution >= 0.6 is 0 Å². The molecule has 2 nitrogen and oxygen atoms in total. The van der Waals surface area contributed by atoms with Crippen molar-refractivity contribution in [2.75, 3.05) is 4.90 Å². The molecule has 2 heterocycles. The summed E-state index contributed by atoms with van der Waals surface area (Å²) in [6.07, 6.45) is 21.5. The lowest BCUT2D eigenvalue weighted by Gasteiger charge is -2.26. The molecule has 0 saturated carbocycles. The third-order valence-corrected chi connectivity index (χ3v) is 11.5. The van der Waals surface area contributed by atoms with Crippen LogP contribution in [0.3, 0.4) is 0 Å². The molecule has 9 rings (SSSR count). The Morgan fingerprint density at radius 2 is 1.59 bits per heavy atom. The van der Waals surface area contributed by atoms with E-state index in [1.807, 2.05) is 0 Å². The summed E-state index contributed by atoms with van der Waals surface area (Å²) in [5.74, 6) is 0. The molecule has 0 atom stereocenters. The van der Waals surface area contributed by atoms with Gasteiger partial charge < -0.3 is 9.47 Å². The summed E-state index contributed by atoms with van der Waals surface area (Å²) in [6.45, 7) is 13.7. The molecule has 0 N–H and O–H groups in total. The molecule has 5 aromatic carbocycles. The van der Waals surface area contributed by atoms with E-state index in [1.54, 1.807) is 0 Å². The lowest BCUT2D eigenvalue weighted by atomic mass is 9.80. The second kappa shape index (κ2) is 13.2. The van der Waals surface area contributed by atoms with Gasteiger partial charge in [-0.3, -0.25) is 0 Å². The first-order chi connectivity index (χ1) is 26.3. The van der Waals surface area contributed by atoms with E-state index in [1.165, 1.54) is 65.7 Å². The average Bonchev–Trinajstić information content (AvgIpc) is 3.86. The summed E-state index contributed by atoms with van der Waals surface area (Å²) in [5, 5.41) is 6.24. The van der Waals surface area contributed by atoms with Crippen LogP contribution < -0.4 is 15.5 Å². The van der Waals surface area contributed by atoms with E-state index in [9.17, 15) is 0 Å². The molecule has 0 fully saturated rings. The minimum Gasteiger partial charge on any atom is -0.323 e. The molecule has 0 radical (unpaired) electrons. The minimum absolute atomic E-state index is 0.171. The van der Waals surface area contributed by atoms with Crippen LogP contribution in [0.2, 0.25) is 0 Å². The number of hydrogen-bond acceptors (Lipinski definition) is 1. The fourth-order valence-electron chi connectivity index (χ4n) is 8.66. The van der Waals surface area contributed by atoms with Crippen LogP contribution in [0.25, 0.3) is 56.7 Å². The number of benzene rings is 5.